The highest BCUT2D eigenvalue weighted by Crippen LogP contribution is 2.25. The third-order valence-corrected chi connectivity index (χ3v) is 5.81. The summed E-state index contributed by atoms with van der Waals surface area (Å²) in [5.74, 6) is 1.29. The number of hydrogen-bond acceptors (Lipinski definition) is 7. The summed E-state index contributed by atoms with van der Waals surface area (Å²) < 4.78 is 5.09. The molecular formula is C25H34N4O3. The molecule has 1 aliphatic rings. The van der Waals surface area contributed by atoms with E-state index in [2.05, 4.69) is 27.4 Å². The van der Waals surface area contributed by atoms with E-state index in [1.54, 1.807) is 19.3 Å². The Labute approximate surface area is 190 Å². The van der Waals surface area contributed by atoms with Crippen LogP contribution < -0.4 is 5.32 Å². The van der Waals surface area contributed by atoms with Crippen molar-refractivity contribution >= 4 is 17.6 Å². The van der Waals surface area contributed by atoms with Crippen LogP contribution in [0.2, 0.25) is 0 Å². The van der Waals surface area contributed by atoms with Crippen molar-refractivity contribution in [1.82, 2.24) is 15.0 Å². The highest BCUT2D eigenvalue weighted by atomic mass is 16.5. The minimum absolute atomic E-state index is 0.149. The Morgan fingerprint density at radius 2 is 1.94 bits per heavy atom. The average molecular weight is 439 g/mol. The summed E-state index contributed by atoms with van der Waals surface area (Å²) in [5, 5.41) is 3.43. The summed E-state index contributed by atoms with van der Waals surface area (Å²) in [6.45, 7) is 4.90. The number of esters is 1. The number of aryl methyl sites for hydroxylation is 3. The molecule has 172 valence electrons. The summed E-state index contributed by atoms with van der Waals surface area (Å²) in [5.41, 5.74) is 3.18. The van der Waals surface area contributed by atoms with Gasteiger partial charge < -0.3 is 10.1 Å². The number of aromatic nitrogens is 3. The van der Waals surface area contributed by atoms with Crippen molar-refractivity contribution in [2.45, 2.75) is 77.6 Å². The number of ether oxygens (including phenoxy) is 1. The summed E-state index contributed by atoms with van der Waals surface area (Å²) in [6.07, 6.45) is 10.4. The molecule has 1 unspecified atom stereocenters. The number of ketones is 1. The summed E-state index contributed by atoms with van der Waals surface area (Å²) in [6, 6.07) is 4.30. The lowest BCUT2D eigenvalue weighted by Crippen LogP contribution is -2.15. The van der Waals surface area contributed by atoms with E-state index in [1.807, 2.05) is 6.92 Å². The van der Waals surface area contributed by atoms with Crippen molar-refractivity contribution in [1.29, 1.82) is 0 Å². The van der Waals surface area contributed by atoms with Gasteiger partial charge in [-0.3, -0.25) is 9.59 Å². The molecule has 0 saturated carbocycles. The minimum atomic E-state index is -0.297. The SMILES string of the molecule is CCOC(=O)CC(CC(=O)CCCCc1ccc2c(n1)NCCCC2)c1cnc(C)nc1. The van der Waals surface area contributed by atoms with Crippen molar-refractivity contribution in [3.05, 3.63) is 47.2 Å². The number of unbranched alkanes of at least 4 members (excludes halogenated alkanes) is 1. The molecule has 1 atom stereocenters. The Kier molecular flexibility index (Phi) is 9.13. The number of nitrogens with one attached hydrogen (secondary N) is 1. The molecule has 0 spiro atoms. The monoisotopic (exact) mass is 438 g/mol. The lowest BCUT2D eigenvalue weighted by Gasteiger charge is -2.15. The van der Waals surface area contributed by atoms with E-state index in [-0.39, 0.29) is 24.1 Å². The first kappa shape index (κ1) is 23.8. The van der Waals surface area contributed by atoms with Crippen molar-refractivity contribution in [3.63, 3.8) is 0 Å². The Balaban J connectivity index is 1.48. The molecule has 0 amide bonds. The molecule has 0 bridgehead atoms. The van der Waals surface area contributed by atoms with Gasteiger partial charge in [0.1, 0.15) is 17.4 Å². The van der Waals surface area contributed by atoms with Crippen LogP contribution in [0.4, 0.5) is 5.82 Å². The number of nitrogens with zero attached hydrogens (tertiary/aromatic N) is 3. The van der Waals surface area contributed by atoms with Crippen LogP contribution in [0.15, 0.2) is 24.5 Å². The van der Waals surface area contributed by atoms with E-state index in [1.165, 1.54) is 18.4 Å². The van der Waals surface area contributed by atoms with Gasteiger partial charge in [0.25, 0.3) is 0 Å². The predicted molar refractivity (Wildman–Crippen MR) is 124 cm³/mol. The molecule has 0 saturated heterocycles. The normalized spacial score (nSPS) is 14.1. The highest BCUT2D eigenvalue weighted by molar-refractivity contribution is 5.80. The van der Waals surface area contributed by atoms with Gasteiger partial charge in [0.05, 0.1) is 13.0 Å². The van der Waals surface area contributed by atoms with E-state index in [0.717, 1.165) is 49.3 Å². The number of carbonyl (C=O) groups excluding carboxylic acids is 2. The molecule has 3 rings (SSSR count). The van der Waals surface area contributed by atoms with Crippen molar-refractivity contribution in [3.8, 4) is 0 Å². The zero-order chi connectivity index (χ0) is 22.8. The smallest absolute Gasteiger partial charge is 0.306 e. The lowest BCUT2D eigenvalue weighted by atomic mass is 9.91. The standard InChI is InChI=1S/C25H34N4O3/c1-3-32-24(31)15-20(21-16-27-18(2)28-17-21)14-23(30)10-5-4-9-22-12-11-19-8-6-7-13-26-25(19)29-22/h11-12,16-17,20H,3-10,13-15H2,1-2H3,(H,26,29). The van der Waals surface area contributed by atoms with Crippen molar-refractivity contribution in [2.75, 3.05) is 18.5 Å². The molecule has 1 N–H and O–H groups in total. The fourth-order valence-corrected chi connectivity index (χ4v) is 4.02. The number of fused-ring (bicyclic) bond motifs is 1. The van der Waals surface area contributed by atoms with Gasteiger partial charge in [-0.2, -0.15) is 0 Å². The molecule has 2 aromatic rings. The topological polar surface area (TPSA) is 94.1 Å². The largest absolute Gasteiger partial charge is 0.466 e. The second-order valence-corrected chi connectivity index (χ2v) is 8.41. The number of anilines is 1. The molecule has 7 nitrogen and oxygen atoms in total. The molecule has 32 heavy (non-hydrogen) atoms. The fourth-order valence-electron chi connectivity index (χ4n) is 4.02. The first-order valence-electron chi connectivity index (χ1n) is 11.7. The maximum atomic E-state index is 12.7. The van der Waals surface area contributed by atoms with E-state index in [4.69, 9.17) is 9.72 Å². The van der Waals surface area contributed by atoms with Crippen LogP contribution in [0.3, 0.4) is 0 Å². The second kappa shape index (κ2) is 12.3. The number of pyridine rings is 1. The van der Waals surface area contributed by atoms with Gasteiger partial charge in [-0.25, -0.2) is 15.0 Å². The van der Waals surface area contributed by atoms with Gasteiger partial charge in [-0.05, 0) is 69.6 Å². The highest BCUT2D eigenvalue weighted by Gasteiger charge is 2.21. The van der Waals surface area contributed by atoms with E-state index in [9.17, 15) is 9.59 Å². The van der Waals surface area contributed by atoms with Gasteiger partial charge >= 0.3 is 5.97 Å². The van der Waals surface area contributed by atoms with Crippen LogP contribution >= 0.6 is 0 Å². The molecular weight excluding hydrogens is 404 g/mol. The quantitative estimate of drug-likeness (QED) is 0.412. The Hall–Kier alpha value is -2.83. The lowest BCUT2D eigenvalue weighted by molar-refractivity contribution is -0.143. The zero-order valence-corrected chi connectivity index (χ0v) is 19.2. The number of hydrogen-bond donors (Lipinski definition) is 1. The van der Waals surface area contributed by atoms with Gasteiger partial charge in [-0.1, -0.05) is 6.07 Å². The number of carbonyl (C=O) groups is 2. The number of rotatable bonds is 11. The van der Waals surface area contributed by atoms with Crippen LogP contribution in [0, 0.1) is 6.92 Å². The maximum absolute atomic E-state index is 12.7. The van der Waals surface area contributed by atoms with Crippen molar-refractivity contribution < 1.29 is 14.3 Å². The Morgan fingerprint density at radius 3 is 2.72 bits per heavy atom. The van der Waals surface area contributed by atoms with Gasteiger partial charge in [-0.15, -0.1) is 0 Å². The molecule has 0 radical (unpaired) electrons. The molecule has 0 aromatic carbocycles. The third-order valence-electron chi connectivity index (χ3n) is 5.81. The Morgan fingerprint density at radius 1 is 1.12 bits per heavy atom. The van der Waals surface area contributed by atoms with Crippen molar-refractivity contribution in [2.24, 2.45) is 0 Å². The third kappa shape index (κ3) is 7.39. The summed E-state index contributed by atoms with van der Waals surface area (Å²) in [4.78, 5) is 37.9. The van der Waals surface area contributed by atoms with Crippen LogP contribution in [-0.4, -0.2) is 39.9 Å². The molecule has 0 fully saturated rings. The predicted octanol–water partition coefficient (Wildman–Crippen LogP) is 4.34. The van der Waals surface area contributed by atoms with E-state index >= 15 is 0 Å². The number of Topliss-reactive ketones (excluding diaryl/α,β-unsaturated/α-hetero) is 1. The minimum Gasteiger partial charge on any atom is -0.466 e. The van der Waals surface area contributed by atoms with E-state index < -0.39 is 0 Å². The molecule has 3 heterocycles. The average Bonchev–Trinajstić information content (AvgIpc) is 3.02. The zero-order valence-electron chi connectivity index (χ0n) is 19.2. The molecule has 7 heteroatoms. The van der Waals surface area contributed by atoms with Gasteiger partial charge in [0, 0.05) is 43.4 Å². The van der Waals surface area contributed by atoms with E-state index in [0.29, 0.717) is 25.3 Å². The van der Waals surface area contributed by atoms with Gasteiger partial charge in [0.2, 0.25) is 0 Å². The summed E-state index contributed by atoms with van der Waals surface area (Å²) in [7, 11) is 0. The molecule has 1 aliphatic heterocycles. The first-order chi connectivity index (χ1) is 15.5. The first-order valence-corrected chi connectivity index (χ1v) is 11.7. The van der Waals surface area contributed by atoms with Crippen LogP contribution in [0.5, 0.6) is 0 Å². The molecule has 0 aliphatic carbocycles. The maximum Gasteiger partial charge on any atom is 0.306 e. The van der Waals surface area contributed by atoms with Gasteiger partial charge in [0.15, 0.2) is 0 Å². The fraction of sp³-hybridized carbons (Fsp3) is 0.560. The van der Waals surface area contributed by atoms with Crippen LogP contribution in [-0.2, 0) is 27.2 Å². The van der Waals surface area contributed by atoms with Crippen LogP contribution in [0.25, 0.3) is 0 Å². The molecule has 2 aromatic heterocycles. The summed E-state index contributed by atoms with van der Waals surface area (Å²) >= 11 is 0. The van der Waals surface area contributed by atoms with Crippen LogP contribution in [0.1, 0.15) is 80.4 Å². The second-order valence-electron chi connectivity index (χ2n) is 8.41. The Bertz CT molecular complexity index is 899.